The van der Waals surface area contributed by atoms with Gasteiger partial charge in [-0.25, -0.2) is 4.39 Å². The second-order valence-corrected chi connectivity index (χ2v) is 3.23. The van der Waals surface area contributed by atoms with E-state index in [1.54, 1.807) is 19.1 Å². The third kappa shape index (κ3) is 3.42. The summed E-state index contributed by atoms with van der Waals surface area (Å²) in [7, 11) is 0. The molecule has 0 aliphatic rings. The van der Waals surface area contributed by atoms with Gasteiger partial charge in [0.05, 0.1) is 6.61 Å². The van der Waals surface area contributed by atoms with Gasteiger partial charge in [0.15, 0.2) is 5.78 Å². The monoisotopic (exact) mass is 211 g/mol. The molecule has 0 aliphatic heterocycles. The molecule has 0 saturated heterocycles. The fraction of sp³-hybridized carbons (Fsp3) is 0.364. The van der Waals surface area contributed by atoms with E-state index >= 15 is 0 Å². The molecular weight excluding hydrogens is 197 g/mol. The summed E-state index contributed by atoms with van der Waals surface area (Å²) in [6, 6.07) is 4.39. The Kier molecular flexibility index (Phi) is 4.39. The highest BCUT2D eigenvalue weighted by atomic mass is 19.1. The first-order chi connectivity index (χ1) is 7.15. The minimum absolute atomic E-state index is 0.0559. The molecule has 1 aromatic carbocycles. The topological polar surface area (TPSA) is 52.3 Å². The van der Waals surface area contributed by atoms with Crippen molar-refractivity contribution in [1.29, 1.82) is 0 Å². The van der Waals surface area contributed by atoms with Crippen molar-refractivity contribution in [2.24, 2.45) is 5.73 Å². The number of rotatable bonds is 5. The molecular formula is C11H14FNO2. The summed E-state index contributed by atoms with van der Waals surface area (Å²) in [6.45, 7) is 2.30. The number of Topliss-reactive ketones (excluding diaryl/α,β-unsaturated/α-hetero) is 1. The largest absolute Gasteiger partial charge is 0.372 e. The summed E-state index contributed by atoms with van der Waals surface area (Å²) in [5.74, 6) is -0.609. The average molecular weight is 211 g/mol. The van der Waals surface area contributed by atoms with Crippen LogP contribution < -0.4 is 5.73 Å². The number of carbonyl (C=O) groups is 1. The number of carbonyl (C=O) groups excluding carboxylic acids is 1. The van der Waals surface area contributed by atoms with Gasteiger partial charge in [0.25, 0.3) is 0 Å². The van der Waals surface area contributed by atoms with Gasteiger partial charge in [-0.3, -0.25) is 4.79 Å². The number of halogens is 1. The number of benzene rings is 1. The first-order valence-electron chi connectivity index (χ1n) is 4.72. The Labute approximate surface area is 88.0 Å². The lowest BCUT2D eigenvalue weighted by Gasteiger charge is -2.03. The summed E-state index contributed by atoms with van der Waals surface area (Å²) in [4.78, 5) is 11.5. The van der Waals surface area contributed by atoms with Crippen LogP contribution in [0, 0.1) is 12.7 Å². The van der Waals surface area contributed by atoms with Crippen molar-refractivity contribution in [2.45, 2.75) is 6.92 Å². The smallest absolute Gasteiger partial charge is 0.188 e. The minimum Gasteiger partial charge on any atom is -0.372 e. The van der Waals surface area contributed by atoms with Gasteiger partial charge in [0.1, 0.15) is 12.4 Å². The van der Waals surface area contributed by atoms with E-state index in [1.165, 1.54) is 6.07 Å². The third-order valence-electron chi connectivity index (χ3n) is 1.99. The zero-order valence-corrected chi connectivity index (χ0v) is 8.63. The summed E-state index contributed by atoms with van der Waals surface area (Å²) in [6.07, 6.45) is 0. The Morgan fingerprint density at radius 1 is 1.53 bits per heavy atom. The van der Waals surface area contributed by atoms with E-state index in [9.17, 15) is 9.18 Å². The molecule has 82 valence electrons. The van der Waals surface area contributed by atoms with Gasteiger partial charge in [-0.2, -0.15) is 0 Å². The van der Waals surface area contributed by atoms with Crippen molar-refractivity contribution in [2.75, 3.05) is 19.8 Å². The molecule has 0 fully saturated rings. The van der Waals surface area contributed by atoms with E-state index in [0.717, 1.165) is 0 Å². The molecule has 1 aromatic rings. The lowest BCUT2D eigenvalue weighted by Crippen LogP contribution is -2.14. The number of ether oxygens (including phenoxy) is 1. The first kappa shape index (κ1) is 11.8. The summed E-state index contributed by atoms with van der Waals surface area (Å²) in [5.41, 5.74) is 6.05. The molecule has 0 amide bonds. The van der Waals surface area contributed by atoms with Crippen LogP contribution in [0.1, 0.15) is 15.9 Å². The maximum Gasteiger partial charge on any atom is 0.188 e. The molecule has 1 rings (SSSR count). The van der Waals surface area contributed by atoms with E-state index < -0.39 is 0 Å². The Morgan fingerprint density at radius 3 is 2.87 bits per heavy atom. The number of nitrogens with two attached hydrogens (primary N) is 1. The van der Waals surface area contributed by atoms with Crippen molar-refractivity contribution in [3.8, 4) is 0 Å². The van der Waals surface area contributed by atoms with Crippen molar-refractivity contribution in [1.82, 2.24) is 0 Å². The zero-order valence-electron chi connectivity index (χ0n) is 8.63. The summed E-state index contributed by atoms with van der Waals surface area (Å²) in [5, 5.41) is 0. The van der Waals surface area contributed by atoms with E-state index in [-0.39, 0.29) is 18.2 Å². The first-order valence-corrected chi connectivity index (χ1v) is 4.72. The number of hydrogen-bond donors (Lipinski definition) is 1. The quantitative estimate of drug-likeness (QED) is 0.590. The van der Waals surface area contributed by atoms with Gasteiger partial charge in [0, 0.05) is 12.1 Å². The molecule has 0 bridgehead atoms. The zero-order chi connectivity index (χ0) is 11.3. The van der Waals surface area contributed by atoms with Gasteiger partial charge in [-0.1, -0.05) is 12.1 Å². The van der Waals surface area contributed by atoms with Gasteiger partial charge >= 0.3 is 0 Å². The Morgan fingerprint density at radius 2 is 2.27 bits per heavy atom. The molecule has 4 heteroatoms. The Bertz CT molecular complexity index is 352. The maximum absolute atomic E-state index is 13.1. The molecule has 2 N–H and O–H groups in total. The highest BCUT2D eigenvalue weighted by Crippen LogP contribution is 2.09. The number of hydrogen-bond acceptors (Lipinski definition) is 3. The maximum atomic E-state index is 13.1. The van der Waals surface area contributed by atoms with Crippen LogP contribution in [0.15, 0.2) is 18.2 Å². The molecule has 0 spiro atoms. The highest BCUT2D eigenvalue weighted by molar-refractivity contribution is 5.97. The van der Waals surface area contributed by atoms with Crippen LogP contribution in [-0.4, -0.2) is 25.5 Å². The third-order valence-corrected chi connectivity index (χ3v) is 1.99. The number of ketones is 1. The van der Waals surface area contributed by atoms with E-state index in [4.69, 9.17) is 10.5 Å². The predicted molar refractivity (Wildman–Crippen MR) is 55.3 cm³/mol. The van der Waals surface area contributed by atoms with Crippen molar-refractivity contribution < 1.29 is 13.9 Å². The molecule has 0 saturated carbocycles. The van der Waals surface area contributed by atoms with Crippen LogP contribution in [0.25, 0.3) is 0 Å². The predicted octanol–water partition coefficient (Wildman–Crippen LogP) is 1.29. The van der Waals surface area contributed by atoms with E-state index in [2.05, 4.69) is 0 Å². The minimum atomic E-state index is -0.375. The van der Waals surface area contributed by atoms with Gasteiger partial charge < -0.3 is 10.5 Å². The van der Waals surface area contributed by atoms with Crippen LogP contribution in [0.3, 0.4) is 0 Å². The highest BCUT2D eigenvalue weighted by Gasteiger charge is 2.07. The lowest BCUT2D eigenvalue weighted by molar-refractivity contribution is 0.0773. The molecule has 15 heavy (non-hydrogen) atoms. The normalized spacial score (nSPS) is 10.3. The second-order valence-electron chi connectivity index (χ2n) is 3.23. The fourth-order valence-corrected chi connectivity index (χ4v) is 1.10. The molecule has 0 unspecified atom stereocenters. The van der Waals surface area contributed by atoms with E-state index in [1.807, 2.05) is 0 Å². The van der Waals surface area contributed by atoms with Crippen molar-refractivity contribution in [3.63, 3.8) is 0 Å². The van der Waals surface area contributed by atoms with Gasteiger partial charge in [0.2, 0.25) is 0 Å². The fourth-order valence-electron chi connectivity index (χ4n) is 1.10. The molecule has 0 heterocycles. The molecule has 3 nitrogen and oxygen atoms in total. The summed E-state index contributed by atoms with van der Waals surface area (Å²) < 4.78 is 18.1. The van der Waals surface area contributed by atoms with Crippen molar-refractivity contribution >= 4 is 5.78 Å². The number of aryl methyl sites for hydroxylation is 1. The van der Waals surface area contributed by atoms with Gasteiger partial charge in [-0.05, 0) is 18.6 Å². The van der Waals surface area contributed by atoms with Crippen LogP contribution >= 0.6 is 0 Å². The second kappa shape index (κ2) is 5.58. The Hall–Kier alpha value is -1.26. The van der Waals surface area contributed by atoms with Crippen LogP contribution in [0.4, 0.5) is 4.39 Å². The van der Waals surface area contributed by atoms with Crippen LogP contribution in [-0.2, 0) is 4.74 Å². The standard InChI is InChI=1S/C11H14FNO2/c1-8-2-3-9(6-10(8)12)11(14)7-15-5-4-13/h2-3,6H,4-5,7,13H2,1H3. The molecule has 0 aliphatic carbocycles. The SMILES string of the molecule is Cc1ccc(C(=O)COCCN)cc1F. The summed E-state index contributed by atoms with van der Waals surface area (Å²) >= 11 is 0. The molecule has 0 aromatic heterocycles. The molecule has 0 radical (unpaired) electrons. The lowest BCUT2D eigenvalue weighted by atomic mass is 10.1. The molecule has 0 atom stereocenters. The van der Waals surface area contributed by atoms with E-state index in [0.29, 0.717) is 24.3 Å². The van der Waals surface area contributed by atoms with Crippen molar-refractivity contribution in [3.05, 3.63) is 35.1 Å². The average Bonchev–Trinajstić information content (AvgIpc) is 2.22. The Balaban J connectivity index is 2.62. The van der Waals surface area contributed by atoms with Gasteiger partial charge in [-0.15, -0.1) is 0 Å². The van der Waals surface area contributed by atoms with Crippen LogP contribution in [0.2, 0.25) is 0 Å². The van der Waals surface area contributed by atoms with Crippen LogP contribution in [0.5, 0.6) is 0 Å².